The summed E-state index contributed by atoms with van der Waals surface area (Å²) in [5, 5.41) is 6.39. The summed E-state index contributed by atoms with van der Waals surface area (Å²) >= 11 is 0. The van der Waals surface area contributed by atoms with Gasteiger partial charge in [-0.05, 0) is 49.7 Å². The Hall–Kier alpha value is -3.61. The van der Waals surface area contributed by atoms with E-state index < -0.39 is 0 Å². The highest BCUT2D eigenvalue weighted by atomic mass is 16.5. The fourth-order valence-corrected chi connectivity index (χ4v) is 2.62. The van der Waals surface area contributed by atoms with Gasteiger partial charge < -0.3 is 21.1 Å². The minimum Gasteiger partial charge on any atom is -0.465 e. The average molecular weight is 363 g/mol. The predicted molar refractivity (Wildman–Crippen MR) is 107 cm³/mol. The van der Waals surface area contributed by atoms with Crippen LogP contribution in [0.1, 0.15) is 21.5 Å². The van der Waals surface area contributed by atoms with Gasteiger partial charge in [-0.25, -0.2) is 14.8 Å². The number of nitrogens with zero attached hydrogens (tertiary/aromatic N) is 2. The van der Waals surface area contributed by atoms with Crippen molar-refractivity contribution >= 4 is 34.7 Å². The van der Waals surface area contributed by atoms with E-state index in [4.69, 9.17) is 10.5 Å². The Labute approximate surface area is 157 Å². The van der Waals surface area contributed by atoms with Gasteiger partial charge in [-0.15, -0.1) is 0 Å². The van der Waals surface area contributed by atoms with Crippen molar-refractivity contribution in [1.82, 2.24) is 9.97 Å². The third-order valence-electron chi connectivity index (χ3n) is 4.09. The van der Waals surface area contributed by atoms with Crippen LogP contribution in [0, 0.1) is 13.8 Å². The fraction of sp³-hybridized carbons (Fsp3) is 0.150. The normalized spacial score (nSPS) is 10.3. The van der Waals surface area contributed by atoms with E-state index in [1.54, 1.807) is 24.3 Å². The summed E-state index contributed by atoms with van der Waals surface area (Å²) in [7, 11) is 1.35. The molecule has 3 aromatic rings. The number of carbonyl (C=O) groups excluding carboxylic acids is 1. The molecule has 0 radical (unpaired) electrons. The molecule has 0 fully saturated rings. The highest BCUT2D eigenvalue weighted by molar-refractivity contribution is 5.90. The largest absolute Gasteiger partial charge is 0.465 e. The average Bonchev–Trinajstić information content (AvgIpc) is 2.67. The van der Waals surface area contributed by atoms with E-state index in [1.165, 1.54) is 19.0 Å². The number of nitrogen functional groups attached to an aromatic ring is 1. The van der Waals surface area contributed by atoms with Crippen molar-refractivity contribution < 1.29 is 9.53 Å². The van der Waals surface area contributed by atoms with Gasteiger partial charge in [-0.3, -0.25) is 0 Å². The fourth-order valence-electron chi connectivity index (χ4n) is 2.62. The van der Waals surface area contributed by atoms with Gasteiger partial charge in [0.2, 0.25) is 0 Å². The summed E-state index contributed by atoms with van der Waals surface area (Å²) < 4.78 is 4.69. The highest BCUT2D eigenvalue weighted by Crippen LogP contribution is 2.29. The Bertz CT molecular complexity index is 971. The number of methoxy groups -OCH3 is 1. The molecular weight excluding hydrogens is 342 g/mol. The standard InChI is InChI=1S/C20H21N5O2/c1-12-4-9-16(13(2)10-12)25-19-17(21)18(22-11-23-19)24-15-7-5-14(6-8-15)20(26)27-3/h4-11H,21H2,1-3H3,(H2,22,23,24,25). The van der Waals surface area contributed by atoms with E-state index in [1.807, 2.05) is 26.0 Å². The number of rotatable bonds is 5. The van der Waals surface area contributed by atoms with E-state index >= 15 is 0 Å². The van der Waals surface area contributed by atoms with Crippen molar-refractivity contribution in [3.63, 3.8) is 0 Å². The third-order valence-corrected chi connectivity index (χ3v) is 4.09. The van der Waals surface area contributed by atoms with Crippen LogP contribution in [-0.4, -0.2) is 23.0 Å². The number of hydrogen-bond acceptors (Lipinski definition) is 7. The SMILES string of the molecule is COC(=O)c1ccc(Nc2ncnc(Nc3ccc(C)cc3C)c2N)cc1. The number of aromatic nitrogens is 2. The Morgan fingerprint density at radius 3 is 2.30 bits per heavy atom. The molecule has 1 aromatic heterocycles. The van der Waals surface area contributed by atoms with Gasteiger partial charge >= 0.3 is 5.97 Å². The molecule has 27 heavy (non-hydrogen) atoms. The zero-order chi connectivity index (χ0) is 19.4. The molecule has 0 aliphatic heterocycles. The molecule has 3 rings (SSSR count). The van der Waals surface area contributed by atoms with Gasteiger partial charge in [0.15, 0.2) is 11.6 Å². The third kappa shape index (κ3) is 4.14. The maximum atomic E-state index is 11.5. The summed E-state index contributed by atoms with van der Waals surface area (Å²) in [6.45, 7) is 4.07. The second-order valence-electron chi connectivity index (χ2n) is 6.12. The Kier molecular flexibility index (Phi) is 5.21. The van der Waals surface area contributed by atoms with E-state index in [2.05, 4.69) is 26.7 Å². The van der Waals surface area contributed by atoms with Crippen LogP contribution in [0.3, 0.4) is 0 Å². The first-order valence-corrected chi connectivity index (χ1v) is 8.38. The van der Waals surface area contributed by atoms with E-state index in [9.17, 15) is 4.79 Å². The van der Waals surface area contributed by atoms with Crippen LogP contribution in [0.15, 0.2) is 48.8 Å². The smallest absolute Gasteiger partial charge is 0.337 e. The zero-order valence-corrected chi connectivity index (χ0v) is 15.4. The van der Waals surface area contributed by atoms with Crippen LogP contribution in [0.5, 0.6) is 0 Å². The topological polar surface area (TPSA) is 102 Å². The van der Waals surface area contributed by atoms with E-state index in [0.29, 0.717) is 22.9 Å². The molecule has 0 spiro atoms. The van der Waals surface area contributed by atoms with Gasteiger partial charge in [0.1, 0.15) is 12.0 Å². The quantitative estimate of drug-likeness (QED) is 0.590. The molecule has 138 valence electrons. The van der Waals surface area contributed by atoms with Gasteiger partial charge in [0.05, 0.1) is 12.7 Å². The molecule has 0 aliphatic carbocycles. The number of aryl methyl sites for hydroxylation is 2. The second-order valence-corrected chi connectivity index (χ2v) is 6.12. The number of anilines is 5. The van der Waals surface area contributed by atoms with Crippen molar-refractivity contribution in [3.05, 3.63) is 65.5 Å². The number of ether oxygens (including phenoxy) is 1. The lowest BCUT2D eigenvalue weighted by atomic mass is 10.1. The number of benzene rings is 2. The summed E-state index contributed by atoms with van der Waals surface area (Å²) in [5.41, 5.74) is 11.1. The number of esters is 1. The van der Waals surface area contributed by atoms with Gasteiger partial charge in [0.25, 0.3) is 0 Å². The van der Waals surface area contributed by atoms with Crippen molar-refractivity contribution in [2.45, 2.75) is 13.8 Å². The van der Waals surface area contributed by atoms with Gasteiger partial charge in [-0.2, -0.15) is 0 Å². The molecular formula is C20H21N5O2. The zero-order valence-electron chi connectivity index (χ0n) is 15.4. The van der Waals surface area contributed by atoms with Crippen LogP contribution in [0.4, 0.5) is 28.7 Å². The molecule has 0 aliphatic rings. The van der Waals surface area contributed by atoms with Crippen LogP contribution in [0.25, 0.3) is 0 Å². The van der Waals surface area contributed by atoms with Crippen molar-refractivity contribution in [3.8, 4) is 0 Å². The maximum absolute atomic E-state index is 11.5. The number of nitrogens with two attached hydrogens (primary N) is 1. The van der Waals surface area contributed by atoms with Crippen molar-refractivity contribution in [1.29, 1.82) is 0 Å². The molecule has 0 saturated carbocycles. The van der Waals surface area contributed by atoms with E-state index in [-0.39, 0.29) is 5.97 Å². The lowest BCUT2D eigenvalue weighted by Gasteiger charge is -2.14. The minimum atomic E-state index is -0.386. The van der Waals surface area contributed by atoms with Crippen molar-refractivity contribution in [2.24, 2.45) is 0 Å². The van der Waals surface area contributed by atoms with Crippen LogP contribution >= 0.6 is 0 Å². The van der Waals surface area contributed by atoms with Gasteiger partial charge in [0, 0.05) is 11.4 Å². The van der Waals surface area contributed by atoms with Crippen LogP contribution in [0.2, 0.25) is 0 Å². The van der Waals surface area contributed by atoms with Crippen LogP contribution in [-0.2, 0) is 4.74 Å². The first kappa shape index (κ1) is 18.2. The summed E-state index contributed by atoms with van der Waals surface area (Å²) in [6, 6.07) is 12.9. The summed E-state index contributed by atoms with van der Waals surface area (Å²) in [6.07, 6.45) is 1.44. The van der Waals surface area contributed by atoms with Crippen LogP contribution < -0.4 is 16.4 Å². The molecule has 0 amide bonds. The number of carbonyl (C=O) groups is 1. The monoisotopic (exact) mass is 363 g/mol. The van der Waals surface area contributed by atoms with Gasteiger partial charge in [-0.1, -0.05) is 17.7 Å². The highest BCUT2D eigenvalue weighted by Gasteiger charge is 2.11. The Morgan fingerprint density at radius 1 is 1.00 bits per heavy atom. The molecule has 7 heteroatoms. The molecule has 1 heterocycles. The lowest BCUT2D eigenvalue weighted by molar-refractivity contribution is 0.0601. The molecule has 0 atom stereocenters. The van der Waals surface area contributed by atoms with Crippen molar-refractivity contribution in [2.75, 3.05) is 23.5 Å². The molecule has 0 bridgehead atoms. The minimum absolute atomic E-state index is 0.386. The molecule has 0 unspecified atom stereocenters. The summed E-state index contributed by atoms with van der Waals surface area (Å²) in [5.74, 6) is 0.608. The van der Waals surface area contributed by atoms with E-state index in [0.717, 1.165) is 16.9 Å². The number of nitrogens with one attached hydrogen (secondary N) is 2. The first-order chi connectivity index (χ1) is 13.0. The Morgan fingerprint density at radius 2 is 1.67 bits per heavy atom. The molecule has 4 N–H and O–H groups in total. The first-order valence-electron chi connectivity index (χ1n) is 8.38. The molecule has 2 aromatic carbocycles. The molecule has 0 saturated heterocycles. The lowest BCUT2D eigenvalue weighted by Crippen LogP contribution is -2.06. The summed E-state index contributed by atoms with van der Waals surface area (Å²) in [4.78, 5) is 20.0. The Balaban J connectivity index is 1.81. The molecule has 7 nitrogen and oxygen atoms in total. The maximum Gasteiger partial charge on any atom is 0.337 e. The number of hydrogen-bond donors (Lipinski definition) is 3. The second kappa shape index (κ2) is 7.74. The predicted octanol–water partition coefficient (Wildman–Crippen LogP) is 3.95.